The molecule has 0 radical (unpaired) electrons. The molecule has 114 valence electrons. The van der Waals surface area contributed by atoms with Gasteiger partial charge in [0.25, 0.3) is 0 Å². The van der Waals surface area contributed by atoms with Gasteiger partial charge in [-0.05, 0) is 31.7 Å². The standard InChI is InChI=1S/C14H30N2O3/c1-11(2)7-12(9-15)8-13(17)16-10-14(3,18)5-6-19-4/h11-12,18H,5-10,15H2,1-4H3,(H,16,17). The Morgan fingerprint density at radius 1 is 1.47 bits per heavy atom. The first-order chi connectivity index (χ1) is 8.80. The smallest absolute Gasteiger partial charge is 0.220 e. The molecular weight excluding hydrogens is 244 g/mol. The van der Waals surface area contributed by atoms with Crippen molar-refractivity contribution in [1.29, 1.82) is 0 Å². The molecule has 2 unspecified atom stereocenters. The highest BCUT2D eigenvalue weighted by Gasteiger charge is 2.21. The Labute approximate surface area is 116 Å². The molecule has 0 fully saturated rings. The highest BCUT2D eigenvalue weighted by Crippen LogP contribution is 2.14. The molecular formula is C14H30N2O3. The predicted octanol–water partition coefficient (Wildman–Crippen LogP) is 0.901. The Kier molecular flexibility index (Phi) is 8.97. The SMILES string of the molecule is COCCC(C)(O)CNC(=O)CC(CN)CC(C)C. The Balaban J connectivity index is 4.02. The molecule has 0 spiro atoms. The van der Waals surface area contributed by atoms with Gasteiger partial charge in [-0.25, -0.2) is 0 Å². The first-order valence-electron chi connectivity index (χ1n) is 6.98. The Morgan fingerprint density at radius 2 is 2.11 bits per heavy atom. The maximum atomic E-state index is 11.8. The van der Waals surface area contributed by atoms with E-state index < -0.39 is 5.60 Å². The van der Waals surface area contributed by atoms with Gasteiger partial charge in [0.15, 0.2) is 0 Å². The van der Waals surface area contributed by atoms with Gasteiger partial charge in [0.2, 0.25) is 5.91 Å². The summed E-state index contributed by atoms with van der Waals surface area (Å²) in [5.74, 6) is 0.698. The topological polar surface area (TPSA) is 84.6 Å². The molecule has 2 atom stereocenters. The molecule has 0 saturated carbocycles. The summed E-state index contributed by atoms with van der Waals surface area (Å²) in [6.07, 6.45) is 1.87. The summed E-state index contributed by atoms with van der Waals surface area (Å²) in [6, 6.07) is 0. The van der Waals surface area contributed by atoms with Crippen LogP contribution in [-0.2, 0) is 9.53 Å². The van der Waals surface area contributed by atoms with Crippen molar-refractivity contribution >= 4 is 5.91 Å². The molecule has 19 heavy (non-hydrogen) atoms. The summed E-state index contributed by atoms with van der Waals surface area (Å²) in [6.45, 7) is 7.18. The van der Waals surface area contributed by atoms with Crippen LogP contribution in [0.3, 0.4) is 0 Å². The van der Waals surface area contributed by atoms with Gasteiger partial charge in [-0.1, -0.05) is 13.8 Å². The van der Waals surface area contributed by atoms with Crippen LogP contribution in [0.5, 0.6) is 0 Å². The largest absolute Gasteiger partial charge is 0.388 e. The molecule has 0 rings (SSSR count). The van der Waals surface area contributed by atoms with Gasteiger partial charge in [-0.3, -0.25) is 4.79 Å². The summed E-state index contributed by atoms with van der Waals surface area (Å²) in [4.78, 5) is 11.8. The van der Waals surface area contributed by atoms with E-state index in [9.17, 15) is 9.90 Å². The molecule has 5 heteroatoms. The minimum Gasteiger partial charge on any atom is -0.388 e. The summed E-state index contributed by atoms with van der Waals surface area (Å²) < 4.78 is 4.92. The number of hydrogen-bond donors (Lipinski definition) is 3. The van der Waals surface area contributed by atoms with Crippen LogP contribution < -0.4 is 11.1 Å². The first kappa shape index (κ1) is 18.4. The van der Waals surface area contributed by atoms with Gasteiger partial charge in [0.05, 0.1) is 5.60 Å². The van der Waals surface area contributed by atoms with Crippen LogP contribution >= 0.6 is 0 Å². The minimum atomic E-state index is -0.929. The molecule has 0 saturated heterocycles. The van der Waals surface area contributed by atoms with Crippen LogP contribution in [0.4, 0.5) is 0 Å². The zero-order valence-corrected chi connectivity index (χ0v) is 12.7. The van der Waals surface area contributed by atoms with Crippen LogP contribution in [0, 0.1) is 11.8 Å². The molecule has 0 aromatic carbocycles. The number of rotatable bonds is 10. The number of hydrogen-bond acceptors (Lipinski definition) is 4. The van der Waals surface area contributed by atoms with Crippen LogP contribution in [0.25, 0.3) is 0 Å². The zero-order chi connectivity index (χ0) is 14.9. The van der Waals surface area contributed by atoms with Crippen molar-refractivity contribution in [3.63, 3.8) is 0 Å². The molecule has 0 bridgehead atoms. The average Bonchev–Trinajstić information content (AvgIpc) is 2.33. The van der Waals surface area contributed by atoms with Crippen LogP contribution in [-0.4, -0.2) is 43.4 Å². The lowest BCUT2D eigenvalue weighted by atomic mass is 9.94. The second kappa shape index (κ2) is 9.28. The third-order valence-electron chi connectivity index (χ3n) is 3.12. The number of nitrogens with two attached hydrogens (primary N) is 1. The molecule has 5 nitrogen and oxygen atoms in total. The second-order valence-corrected chi connectivity index (χ2v) is 5.95. The van der Waals surface area contributed by atoms with Crippen molar-refractivity contribution < 1.29 is 14.6 Å². The van der Waals surface area contributed by atoms with Gasteiger partial charge in [0.1, 0.15) is 0 Å². The van der Waals surface area contributed by atoms with Crippen molar-refractivity contribution in [1.82, 2.24) is 5.32 Å². The molecule has 0 heterocycles. The number of methoxy groups -OCH3 is 1. The van der Waals surface area contributed by atoms with Gasteiger partial charge < -0.3 is 20.9 Å². The quantitative estimate of drug-likeness (QED) is 0.552. The monoisotopic (exact) mass is 274 g/mol. The number of carbonyl (C=O) groups excluding carboxylic acids is 1. The summed E-state index contributed by atoms with van der Waals surface area (Å²) in [7, 11) is 1.59. The predicted molar refractivity (Wildman–Crippen MR) is 76.7 cm³/mol. The average molecular weight is 274 g/mol. The lowest BCUT2D eigenvalue weighted by Gasteiger charge is -2.24. The fourth-order valence-electron chi connectivity index (χ4n) is 1.96. The van der Waals surface area contributed by atoms with Crippen molar-refractivity contribution in [2.45, 2.75) is 45.6 Å². The van der Waals surface area contributed by atoms with Gasteiger partial charge in [-0.15, -0.1) is 0 Å². The third-order valence-corrected chi connectivity index (χ3v) is 3.12. The van der Waals surface area contributed by atoms with E-state index in [-0.39, 0.29) is 18.4 Å². The molecule has 0 aromatic rings. The fourth-order valence-corrected chi connectivity index (χ4v) is 1.96. The fraction of sp³-hybridized carbons (Fsp3) is 0.929. The number of aliphatic hydroxyl groups is 1. The van der Waals surface area contributed by atoms with Crippen molar-refractivity contribution in [3.05, 3.63) is 0 Å². The van der Waals surface area contributed by atoms with E-state index in [2.05, 4.69) is 19.2 Å². The number of amides is 1. The highest BCUT2D eigenvalue weighted by molar-refractivity contribution is 5.76. The molecule has 1 amide bonds. The van der Waals surface area contributed by atoms with Gasteiger partial charge >= 0.3 is 0 Å². The molecule has 4 N–H and O–H groups in total. The van der Waals surface area contributed by atoms with Crippen molar-refractivity contribution in [2.75, 3.05) is 26.8 Å². The maximum Gasteiger partial charge on any atom is 0.220 e. The van der Waals surface area contributed by atoms with E-state index >= 15 is 0 Å². The number of ether oxygens (including phenoxy) is 1. The second-order valence-electron chi connectivity index (χ2n) is 5.95. The van der Waals surface area contributed by atoms with E-state index in [0.29, 0.717) is 31.9 Å². The highest BCUT2D eigenvalue weighted by atomic mass is 16.5. The van der Waals surface area contributed by atoms with Crippen molar-refractivity contribution in [2.24, 2.45) is 17.6 Å². The molecule has 0 aliphatic rings. The zero-order valence-electron chi connectivity index (χ0n) is 12.7. The normalized spacial score (nSPS) is 16.2. The van der Waals surface area contributed by atoms with E-state index in [1.165, 1.54) is 0 Å². The summed E-state index contributed by atoms with van der Waals surface area (Å²) in [5, 5.41) is 12.8. The van der Waals surface area contributed by atoms with E-state index in [1.807, 2.05) is 0 Å². The van der Waals surface area contributed by atoms with Crippen LogP contribution in [0.1, 0.15) is 40.0 Å². The summed E-state index contributed by atoms with van der Waals surface area (Å²) >= 11 is 0. The van der Waals surface area contributed by atoms with E-state index in [1.54, 1.807) is 14.0 Å². The Hall–Kier alpha value is -0.650. The van der Waals surface area contributed by atoms with Gasteiger partial charge in [0, 0.05) is 33.1 Å². The first-order valence-corrected chi connectivity index (χ1v) is 6.98. The van der Waals surface area contributed by atoms with E-state index in [4.69, 9.17) is 10.5 Å². The Morgan fingerprint density at radius 3 is 2.58 bits per heavy atom. The lowest BCUT2D eigenvalue weighted by molar-refractivity contribution is -0.123. The van der Waals surface area contributed by atoms with E-state index in [0.717, 1.165) is 6.42 Å². The number of nitrogens with one attached hydrogen (secondary N) is 1. The Bertz CT molecular complexity index is 255. The molecule has 0 aromatic heterocycles. The number of carbonyl (C=O) groups is 1. The third kappa shape index (κ3) is 9.87. The maximum absolute atomic E-state index is 11.8. The summed E-state index contributed by atoms with van der Waals surface area (Å²) in [5.41, 5.74) is 4.74. The van der Waals surface area contributed by atoms with Crippen molar-refractivity contribution in [3.8, 4) is 0 Å². The minimum absolute atomic E-state index is 0.0474. The van der Waals surface area contributed by atoms with Crippen LogP contribution in [0.2, 0.25) is 0 Å². The van der Waals surface area contributed by atoms with Crippen LogP contribution in [0.15, 0.2) is 0 Å². The molecule has 0 aliphatic heterocycles. The lowest BCUT2D eigenvalue weighted by Crippen LogP contribution is -2.42. The molecule has 0 aliphatic carbocycles. The van der Waals surface area contributed by atoms with Gasteiger partial charge in [-0.2, -0.15) is 0 Å².